The average molecular weight is 408 g/mol. The highest BCUT2D eigenvalue weighted by Crippen LogP contribution is 2.33. The van der Waals surface area contributed by atoms with Gasteiger partial charge in [-0.25, -0.2) is 14.2 Å². The third-order valence-electron chi connectivity index (χ3n) is 5.33. The van der Waals surface area contributed by atoms with Gasteiger partial charge in [0, 0.05) is 26.1 Å². The smallest absolute Gasteiger partial charge is 0.414 e. The summed E-state index contributed by atoms with van der Waals surface area (Å²) < 4.78 is 20.0. The molecule has 9 heteroatoms. The number of benzene rings is 1. The molecule has 0 bridgehead atoms. The van der Waals surface area contributed by atoms with Crippen molar-refractivity contribution in [2.75, 3.05) is 49.6 Å². The van der Waals surface area contributed by atoms with E-state index in [0.29, 0.717) is 49.9 Å². The fourth-order valence-electron chi connectivity index (χ4n) is 3.42. The Kier molecular flexibility index (Phi) is 6.92. The van der Waals surface area contributed by atoms with Gasteiger partial charge in [-0.2, -0.15) is 0 Å². The molecule has 1 saturated heterocycles. The van der Waals surface area contributed by atoms with Crippen LogP contribution in [0.2, 0.25) is 0 Å². The molecule has 1 aromatic rings. The predicted octanol–water partition coefficient (Wildman–Crippen LogP) is 2.13. The van der Waals surface area contributed by atoms with Gasteiger partial charge in [-0.1, -0.05) is 0 Å². The lowest BCUT2D eigenvalue weighted by Crippen LogP contribution is -2.38. The van der Waals surface area contributed by atoms with Crippen molar-refractivity contribution < 1.29 is 23.6 Å². The normalized spacial score (nSPS) is 18.7. The van der Waals surface area contributed by atoms with Crippen molar-refractivity contribution in [2.45, 2.75) is 32.3 Å². The standard InChI is InChI=1S/C20H29FN4O4/c1-3-23(8-9-25(28-2)19(26)10-14-4-5-14)18-7-6-15(11-17(18)21)24-13-16(12-22)29-20(24)27/h6-7,11,14,16H,3-5,8-10,12-13,22H2,1-2H3/t16-/m0/s1. The molecule has 1 aromatic carbocycles. The minimum Gasteiger partial charge on any atom is -0.443 e. The van der Waals surface area contributed by atoms with Crippen LogP contribution in [0.1, 0.15) is 26.2 Å². The van der Waals surface area contributed by atoms with E-state index in [1.807, 2.05) is 11.8 Å². The van der Waals surface area contributed by atoms with Gasteiger partial charge in [-0.3, -0.25) is 14.5 Å². The van der Waals surface area contributed by atoms with E-state index in [2.05, 4.69) is 0 Å². The molecule has 2 fully saturated rings. The Morgan fingerprint density at radius 2 is 2.14 bits per heavy atom. The number of hydrogen-bond acceptors (Lipinski definition) is 6. The van der Waals surface area contributed by atoms with Crippen LogP contribution in [-0.4, -0.2) is 63.0 Å². The zero-order valence-corrected chi connectivity index (χ0v) is 17.0. The first-order valence-corrected chi connectivity index (χ1v) is 10.0. The highest BCUT2D eigenvalue weighted by Gasteiger charge is 2.32. The molecule has 1 saturated carbocycles. The van der Waals surface area contributed by atoms with Gasteiger partial charge in [0.15, 0.2) is 0 Å². The van der Waals surface area contributed by atoms with Crippen LogP contribution in [0, 0.1) is 11.7 Å². The van der Waals surface area contributed by atoms with Crippen LogP contribution in [0.25, 0.3) is 0 Å². The summed E-state index contributed by atoms with van der Waals surface area (Å²) in [5, 5.41) is 1.35. The first-order valence-electron chi connectivity index (χ1n) is 10.0. The molecule has 160 valence electrons. The zero-order chi connectivity index (χ0) is 21.0. The van der Waals surface area contributed by atoms with Gasteiger partial charge in [0.05, 0.1) is 31.6 Å². The molecular weight excluding hydrogens is 379 g/mol. The number of nitrogens with zero attached hydrogens (tertiary/aromatic N) is 3. The first-order chi connectivity index (χ1) is 14.0. The molecule has 3 rings (SSSR count). The molecule has 2 N–H and O–H groups in total. The fourth-order valence-corrected chi connectivity index (χ4v) is 3.42. The maximum Gasteiger partial charge on any atom is 0.414 e. The number of nitrogens with two attached hydrogens (primary N) is 1. The highest BCUT2D eigenvalue weighted by atomic mass is 19.1. The van der Waals surface area contributed by atoms with Crippen LogP contribution < -0.4 is 15.5 Å². The molecule has 1 aliphatic heterocycles. The van der Waals surface area contributed by atoms with Gasteiger partial charge in [0.2, 0.25) is 5.91 Å². The Labute approximate surface area is 170 Å². The van der Waals surface area contributed by atoms with Gasteiger partial charge >= 0.3 is 6.09 Å². The number of anilines is 2. The molecule has 1 aliphatic carbocycles. The van der Waals surface area contributed by atoms with Crippen LogP contribution in [0.5, 0.6) is 0 Å². The van der Waals surface area contributed by atoms with E-state index in [1.165, 1.54) is 23.1 Å². The molecule has 2 amide bonds. The summed E-state index contributed by atoms with van der Waals surface area (Å²) in [6, 6.07) is 4.65. The van der Waals surface area contributed by atoms with E-state index in [-0.39, 0.29) is 18.6 Å². The topological polar surface area (TPSA) is 88.3 Å². The molecular formula is C20H29FN4O4. The van der Waals surface area contributed by atoms with Crippen LogP contribution in [0.3, 0.4) is 0 Å². The van der Waals surface area contributed by atoms with Gasteiger partial charge < -0.3 is 15.4 Å². The summed E-state index contributed by atoms with van der Waals surface area (Å²) in [4.78, 5) is 32.6. The third kappa shape index (κ3) is 5.16. The monoisotopic (exact) mass is 408 g/mol. The Morgan fingerprint density at radius 1 is 1.38 bits per heavy atom. The number of carbonyl (C=O) groups excluding carboxylic acids is 2. The quantitative estimate of drug-likeness (QED) is 0.597. The number of ether oxygens (including phenoxy) is 1. The summed E-state index contributed by atoms with van der Waals surface area (Å²) in [6.07, 6.45) is 1.78. The van der Waals surface area contributed by atoms with E-state index in [4.69, 9.17) is 15.3 Å². The number of hydroxylamine groups is 2. The molecule has 1 atom stereocenters. The van der Waals surface area contributed by atoms with Gasteiger partial charge in [0.1, 0.15) is 11.9 Å². The minimum atomic E-state index is -0.523. The molecule has 0 spiro atoms. The Hall–Kier alpha value is -2.39. The molecule has 1 heterocycles. The molecule has 0 unspecified atom stereocenters. The van der Waals surface area contributed by atoms with Gasteiger partial charge in [0.25, 0.3) is 0 Å². The van der Waals surface area contributed by atoms with Crippen molar-refractivity contribution >= 4 is 23.4 Å². The lowest BCUT2D eigenvalue weighted by atomic mass is 10.2. The fraction of sp³-hybridized carbons (Fsp3) is 0.600. The minimum absolute atomic E-state index is 0.0381. The Balaban J connectivity index is 1.64. The number of rotatable bonds is 10. The second-order valence-electron chi connectivity index (χ2n) is 7.39. The summed E-state index contributed by atoms with van der Waals surface area (Å²) in [6.45, 7) is 3.77. The molecule has 8 nitrogen and oxygen atoms in total. The maximum atomic E-state index is 14.8. The Bertz CT molecular complexity index is 743. The van der Waals surface area contributed by atoms with Crippen LogP contribution in [-0.2, 0) is 14.4 Å². The number of hydrogen-bond donors (Lipinski definition) is 1. The second kappa shape index (κ2) is 9.41. The molecule has 2 aliphatic rings. The van der Waals surface area contributed by atoms with Crippen molar-refractivity contribution in [2.24, 2.45) is 11.7 Å². The number of cyclic esters (lactones) is 1. The van der Waals surface area contributed by atoms with E-state index in [0.717, 1.165) is 12.8 Å². The zero-order valence-electron chi connectivity index (χ0n) is 17.0. The summed E-state index contributed by atoms with van der Waals surface area (Å²) in [5.41, 5.74) is 6.38. The maximum absolute atomic E-state index is 14.8. The summed E-state index contributed by atoms with van der Waals surface area (Å²) in [7, 11) is 1.47. The highest BCUT2D eigenvalue weighted by molar-refractivity contribution is 5.90. The van der Waals surface area contributed by atoms with Crippen molar-refractivity contribution in [3.63, 3.8) is 0 Å². The van der Waals surface area contributed by atoms with E-state index in [9.17, 15) is 14.0 Å². The molecule has 29 heavy (non-hydrogen) atoms. The summed E-state index contributed by atoms with van der Waals surface area (Å²) >= 11 is 0. The SMILES string of the molecule is CCN(CCN(OC)C(=O)CC1CC1)c1ccc(N2C[C@H](CN)OC2=O)cc1F. The molecule has 0 radical (unpaired) electrons. The van der Waals surface area contributed by atoms with Crippen molar-refractivity contribution in [3.8, 4) is 0 Å². The number of likely N-dealkylation sites (N-methyl/N-ethyl adjacent to an activating group) is 1. The van der Waals surface area contributed by atoms with E-state index >= 15 is 0 Å². The Morgan fingerprint density at radius 3 is 2.69 bits per heavy atom. The van der Waals surface area contributed by atoms with Crippen LogP contribution in [0.15, 0.2) is 18.2 Å². The predicted molar refractivity (Wildman–Crippen MR) is 107 cm³/mol. The van der Waals surface area contributed by atoms with Crippen LogP contribution in [0.4, 0.5) is 20.6 Å². The van der Waals surface area contributed by atoms with Crippen molar-refractivity contribution in [1.29, 1.82) is 0 Å². The van der Waals surface area contributed by atoms with E-state index in [1.54, 1.807) is 12.1 Å². The molecule has 0 aromatic heterocycles. The lowest BCUT2D eigenvalue weighted by molar-refractivity contribution is -0.175. The lowest BCUT2D eigenvalue weighted by Gasteiger charge is -2.28. The largest absolute Gasteiger partial charge is 0.443 e. The third-order valence-corrected chi connectivity index (χ3v) is 5.33. The number of halogens is 1. The number of carbonyl (C=O) groups is 2. The number of amides is 2. The van der Waals surface area contributed by atoms with Crippen molar-refractivity contribution in [3.05, 3.63) is 24.0 Å². The first kappa shape index (κ1) is 21.3. The summed E-state index contributed by atoms with van der Waals surface area (Å²) in [5.74, 6) is -0.00550. The average Bonchev–Trinajstić information content (AvgIpc) is 3.44. The second-order valence-corrected chi connectivity index (χ2v) is 7.39. The van der Waals surface area contributed by atoms with Crippen LogP contribution >= 0.6 is 0 Å². The van der Waals surface area contributed by atoms with E-state index < -0.39 is 11.9 Å². The van der Waals surface area contributed by atoms with Crippen molar-refractivity contribution in [1.82, 2.24) is 5.06 Å². The van der Waals surface area contributed by atoms with Gasteiger partial charge in [-0.05, 0) is 43.9 Å². The van der Waals surface area contributed by atoms with Gasteiger partial charge in [-0.15, -0.1) is 0 Å².